The minimum Gasteiger partial charge on any atom is -0.398 e. The molecular weight excluding hydrogens is 204 g/mol. The van der Waals surface area contributed by atoms with Gasteiger partial charge in [-0.3, -0.25) is 0 Å². The van der Waals surface area contributed by atoms with Gasteiger partial charge < -0.3 is 11.5 Å². The van der Waals surface area contributed by atoms with Crippen molar-refractivity contribution in [3.63, 3.8) is 0 Å². The number of allylic oxidation sites excluding steroid dienone is 2. The van der Waals surface area contributed by atoms with Crippen LogP contribution in [0.3, 0.4) is 0 Å². The zero-order valence-electron chi connectivity index (χ0n) is 8.99. The van der Waals surface area contributed by atoms with Crippen molar-refractivity contribution in [3.8, 4) is 0 Å². The Morgan fingerprint density at radius 2 is 1.60 bits per heavy atom. The van der Waals surface area contributed by atoms with Crippen LogP contribution in [0.15, 0.2) is 56.4 Å². The van der Waals surface area contributed by atoms with Crippen molar-refractivity contribution in [1.29, 1.82) is 0 Å². The smallest absolute Gasteiger partial charge is 0.0585 e. The van der Waals surface area contributed by atoms with Crippen LogP contribution in [0.2, 0.25) is 0 Å². The summed E-state index contributed by atoms with van der Waals surface area (Å²) in [5.74, 6) is 0. The summed E-state index contributed by atoms with van der Waals surface area (Å²) < 4.78 is 0. The fourth-order valence-electron chi connectivity index (χ4n) is 1.79. The zero-order chi connectivity index (χ0) is 11.0. The summed E-state index contributed by atoms with van der Waals surface area (Å²) in [6, 6.07) is 10.3. The van der Waals surface area contributed by atoms with Gasteiger partial charge in [0.25, 0.3) is 0 Å². The molecule has 80 valence electrons. The molecule has 15 heavy (non-hydrogen) atoms. The van der Waals surface area contributed by atoms with E-state index in [9.17, 15) is 0 Å². The molecule has 2 nitrogen and oxygen atoms in total. The van der Waals surface area contributed by atoms with Gasteiger partial charge in [0.1, 0.15) is 0 Å². The second kappa shape index (κ2) is 3.66. The molecule has 1 heterocycles. The quantitative estimate of drug-likeness (QED) is 0.637. The molecule has 0 bridgehead atoms. The van der Waals surface area contributed by atoms with Gasteiger partial charge in [-0.15, -0.1) is 0 Å². The van der Waals surface area contributed by atoms with Crippen molar-refractivity contribution in [3.05, 3.63) is 51.5 Å². The SMILES string of the molecule is CC1=C(N)[SH](c2ccccc2)C(C)=C1N. The number of thiol groups is 1. The largest absolute Gasteiger partial charge is 0.398 e. The van der Waals surface area contributed by atoms with E-state index < -0.39 is 10.9 Å². The predicted molar refractivity (Wildman–Crippen MR) is 67.5 cm³/mol. The van der Waals surface area contributed by atoms with Crippen LogP contribution in [0, 0.1) is 0 Å². The standard InChI is InChI=1S/C12H16N2S/c1-8-11(13)9(2)15(12(8)14)10-6-4-3-5-7-10/h3-7,15H,13-14H2,1-2H3. The van der Waals surface area contributed by atoms with Crippen molar-refractivity contribution in [2.24, 2.45) is 11.5 Å². The highest BCUT2D eigenvalue weighted by molar-refractivity contribution is 8.23. The molecule has 0 aromatic heterocycles. The highest BCUT2D eigenvalue weighted by Gasteiger charge is 2.23. The van der Waals surface area contributed by atoms with E-state index in [0.29, 0.717) is 0 Å². The van der Waals surface area contributed by atoms with Crippen LogP contribution in [0.1, 0.15) is 13.8 Å². The molecule has 1 atom stereocenters. The molecule has 0 saturated carbocycles. The average molecular weight is 220 g/mol. The number of nitrogens with two attached hydrogens (primary N) is 2. The van der Waals surface area contributed by atoms with Gasteiger partial charge in [0.05, 0.1) is 5.03 Å². The van der Waals surface area contributed by atoms with E-state index >= 15 is 0 Å². The maximum Gasteiger partial charge on any atom is 0.0585 e. The topological polar surface area (TPSA) is 52.0 Å². The van der Waals surface area contributed by atoms with Gasteiger partial charge in [-0.05, 0) is 35.8 Å². The third kappa shape index (κ3) is 1.53. The fourth-order valence-corrected chi connectivity index (χ4v) is 4.15. The van der Waals surface area contributed by atoms with Crippen LogP contribution >= 0.6 is 10.9 Å². The first-order chi connectivity index (χ1) is 7.13. The van der Waals surface area contributed by atoms with E-state index in [2.05, 4.69) is 19.1 Å². The first kappa shape index (κ1) is 10.2. The van der Waals surface area contributed by atoms with Crippen molar-refractivity contribution in [2.45, 2.75) is 18.7 Å². The molecule has 2 rings (SSSR count). The Morgan fingerprint density at radius 1 is 1.00 bits per heavy atom. The maximum atomic E-state index is 6.12. The summed E-state index contributed by atoms with van der Waals surface area (Å²) in [4.78, 5) is 2.51. The Kier molecular flexibility index (Phi) is 2.49. The van der Waals surface area contributed by atoms with Crippen molar-refractivity contribution in [1.82, 2.24) is 0 Å². The third-order valence-corrected chi connectivity index (χ3v) is 5.31. The molecular formula is C12H16N2S. The summed E-state index contributed by atoms with van der Waals surface area (Å²) in [5.41, 5.74) is 14.1. The lowest BCUT2D eigenvalue weighted by Gasteiger charge is -2.19. The van der Waals surface area contributed by atoms with Crippen LogP contribution in [-0.4, -0.2) is 0 Å². The average Bonchev–Trinajstić information content (AvgIpc) is 2.45. The normalized spacial score (nSPS) is 23.7. The van der Waals surface area contributed by atoms with Gasteiger partial charge >= 0.3 is 0 Å². The lowest BCUT2D eigenvalue weighted by atomic mass is 10.2. The first-order valence-corrected chi connectivity index (χ1v) is 6.25. The van der Waals surface area contributed by atoms with E-state index in [1.807, 2.05) is 25.1 Å². The minimum atomic E-state index is -0.529. The van der Waals surface area contributed by atoms with Gasteiger partial charge in [-0.1, -0.05) is 18.2 Å². The van der Waals surface area contributed by atoms with E-state index in [0.717, 1.165) is 16.3 Å². The van der Waals surface area contributed by atoms with E-state index in [-0.39, 0.29) is 0 Å². The van der Waals surface area contributed by atoms with Crippen molar-refractivity contribution in [2.75, 3.05) is 0 Å². The van der Waals surface area contributed by atoms with E-state index in [1.54, 1.807) is 0 Å². The van der Waals surface area contributed by atoms with Crippen LogP contribution in [0.4, 0.5) is 0 Å². The Labute approximate surface area is 93.0 Å². The Hall–Kier alpha value is -1.35. The molecule has 1 aliphatic rings. The number of rotatable bonds is 1. The monoisotopic (exact) mass is 220 g/mol. The molecule has 0 fully saturated rings. The van der Waals surface area contributed by atoms with Crippen LogP contribution in [-0.2, 0) is 0 Å². The van der Waals surface area contributed by atoms with Gasteiger partial charge in [-0.25, -0.2) is 0 Å². The molecule has 4 N–H and O–H groups in total. The molecule has 0 saturated heterocycles. The second-order valence-electron chi connectivity index (χ2n) is 3.68. The third-order valence-electron chi connectivity index (χ3n) is 2.77. The van der Waals surface area contributed by atoms with E-state index in [4.69, 9.17) is 11.5 Å². The molecule has 1 aromatic rings. The van der Waals surface area contributed by atoms with Crippen LogP contribution < -0.4 is 11.5 Å². The van der Waals surface area contributed by atoms with Crippen molar-refractivity contribution >= 4 is 10.9 Å². The van der Waals surface area contributed by atoms with Gasteiger partial charge in [0, 0.05) is 11.3 Å². The summed E-state index contributed by atoms with van der Waals surface area (Å²) >= 11 is 0. The summed E-state index contributed by atoms with van der Waals surface area (Å²) in [5, 5.41) is 0.950. The Balaban J connectivity index is 2.50. The fraction of sp³-hybridized carbons (Fsp3) is 0.167. The Bertz CT molecular complexity index is 422. The van der Waals surface area contributed by atoms with Gasteiger partial charge in [-0.2, -0.15) is 10.9 Å². The van der Waals surface area contributed by atoms with Crippen molar-refractivity contribution < 1.29 is 0 Å². The molecule has 0 aliphatic carbocycles. The number of hydrogen-bond acceptors (Lipinski definition) is 2. The predicted octanol–water partition coefficient (Wildman–Crippen LogP) is 2.44. The molecule has 0 spiro atoms. The van der Waals surface area contributed by atoms with Crippen LogP contribution in [0.5, 0.6) is 0 Å². The zero-order valence-corrected chi connectivity index (χ0v) is 9.88. The molecule has 1 aromatic carbocycles. The maximum absolute atomic E-state index is 6.12. The molecule has 1 aliphatic heterocycles. The summed E-state index contributed by atoms with van der Waals surface area (Å²) in [7, 11) is -0.529. The summed E-state index contributed by atoms with van der Waals surface area (Å²) in [6.45, 7) is 4.08. The van der Waals surface area contributed by atoms with Crippen LogP contribution in [0.25, 0.3) is 0 Å². The molecule has 0 radical (unpaired) electrons. The lowest BCUT2D eigenvalue weighted by Crippen LogP contribution is -2.00. The highest BCUT2D eigenvalue weighted by atomic mass is 32.2. The summed E-state index contributed by atoms with van der Waals surface area (Å²) in [6.07, 6.45) is 0. The number of hydrogen-bond donors (Lipinski definition) is 3. The van der Waals surface area contributed by atoms with Gasteiger partial charge in [0.15, 0.2) is 0 Å². The Morgan fingerprint density at radius 3 is 2.07 bits per heavy atom. The highest BCUT2D eigenvalue weighted by Crippen LogP contribution is 2.54. The molecule has 1 unspecified atom stereocenters. The minimum absolute atomic E-state index is 0.529. The second-order valence-corrected chi connectivity index (χ2v) is 6.02. The molecule has 3 heteroatoms. The van der Waals surface area contributed by atoms with Gasteiger partial charge in [0.2, 0.25) is 0 Å². The van der Waals surface area contributed by atoms with E-state index in [1.165, 1.54) is 9.80 Å². The first-order valence-electron chi connectivity index (χ1n) is 4.91. The molecule has 0 amide bonds. The number of benzene rings is 1. The lowest BCUT2D eigenvalue weighted by molar-refractivity contribution is 1.25.